The Bertz CT molecular complexity index is 864. The van der Waals surface area contributed by atoms with Gasteiger partial charge in [0.25, 0.3) is 5.91 Å². The zero-order chi connectivity index (χ0) is 18.0. The van der Waals surface area contributed by atoms with E-state index in [2.05, 4.69) is 0 Å². The molecule has 3 rings (SSSR count). The first-order chi connectivity index (χ1) is 11.9. The van der Waals surface area contributed by atoms with E-state index >= 15 is 0 Å². The topological polar surface area (TPSA) is 54.5 Å². The smallest absolute Gasteiger partial charge is 0.260 e. The molecule has 1 fully saturated rings. The van der Waals surface area contributed by atoms with Gasteiger partial charge < -0.3 is 4.90 Å². The lowest BCUT2D eigenvalue weighted by molar-refractivity contribution is 0.0739. The van der Waals surface area contributed by atoms with E-state index in [1.807, 2.05) is 0 Å². The average Bonchev–Trinajstić information content (AvgIpc) is 3.03. The molecule has 2 aromatic rings. The zero-order valence-corrected chi connectivity index (χ0v) is 14.2. The van der Waals surface area contributed by atoms with Crippen molar-refractivity contribution in [2.24, 2.45) is 0 Å². The van der Waals surface area contributed by atoms with Crippen LogP contribution in [-0.2, 0) is 9.84 Å². The molecule has 0 spiro atoms. The highest BCUT2D eigenvalue weighted by molar-refractivity contribution is 7.91. The number of halogens is 2. The van der Waals surface area contributed by atoms with Crippen LogP contribution in [0.1, 0.15) is 23.2 Å². The molecule has 25 heavy (non-hydrogen) atoms. The molecule has 0 aromatic heterocycles. The van der Waals surface area contributed by atoms with Crippen LogP contribution in [0.3, 0.4) is 0 Å². The van der Waals surface area contributed by atoms with Gasteiger partial charge in [0.15, 0.2) is 9.84 Å². The molecule has 0 N–H and O–H groups in total. The Hall–Kier alpha value is -2.28. The molecule has 2 aromatic carbocycles. The molecule has 0 saturated carbocycles. The number of hydrogen-bond donors (Lipinski definition) is 0. The van der Waals surface area contributed by atoms with Gasteiger partial charge in [0.2, 0.25) is 0 Å². The number of hydrogen-bond acceptors (Lipinski definition) is 3. The molecule has 0 bridgehead atoms. The van der Waals surface area contributed by atoms with Crippen molar-refractivity contribution in [2.75, 3.05) is 12.3 Å². The normalized spacial score (nSPS) is 17.7. The lowest BCUT2D eigenvalue weighted by Gasteiger charge is -2.25. The van der Waals surface area contributed by atoms with E-state index in [4.69, 9.17) is 0 Å². The number of likely N-dealkylation sites (tertiary alicyclic amines) is 1. The van der Waals surface area contributed by atoms with Gasteiger partial charge in [-0.15, -0.1) is 0 Å². The Morgan fingerprint density at radius 3 is 2.32 bits per heavy atom. The van der Waals surface area contributed by atoms with E-state index in [1.165, 1.54) is 23.1 Å². The molecule has 1 amide bonds. The average molecular weight is 365 g/mol. The summed E-state index contributed by atoms with van der Waals surface area (Å²) >= 11 is 0. The van der Waals surface area contributed by atoms with Gasteiger partial charge >= 0.3 is 0 Å². The number of benzene rings is 2. The van der Waals surface area contributed by atoms with E-state index < -0.39 is 39.0 Å². The maximum atomic E-state index is 13.9. The summed E-state index contributed by atoms with van der Waals surface area (Å²) in [6.07, 6.45) is 1.07. The van der Waals surface area contributed by atoms with Crippen molar-refractivity contribution >= 4 is 15.7 Å². The summed E-state index contributed by atoms with van der Waals surface area (Å²) in [5.74, 6) is -2.96. The van der Waals surface area contributed by atoms with Crippen LogP contribution in [0.2, 0.25) is 0 Å². The van der Waals surface area contributed by atoms with Gasteiger partial charge in [-0.05, 0) is 37.1 Å². The monoisotopic (exact) mass is 365 g/mol. The summed E-state index contributed by atoms with van der Waals surface area (Å²) in [6.45, 7) is 0.279. The van der Waals surface area contributed by atoms with Gasteiger partial charge in [0.1, 0.15) is 17.2 Å². The van der Waals surface area contributed by atoms with Crippen LogP contribution in [0.15, 0.2) is 53.4 Å². The third-order valence-electron chi connectivity index (χ3n) is 4.33. The molecule has 1 saturated heterocycles. The van der Waals surface area contributed by atoms with Gasteiger partial charge in [-0.3, -0.25) is 4.79 Å². The Morgan fingerprint density at radius 2 is 1.68 bits per heavy atom. The second-order valence-corrected chi connectivity index (χ2v) is 8.02. The third kappa shape index (κ3) is 3.56. The van der Waals surface area contributed by atoms with E-state index in [0.717, 1.165) is 12.1 Å². The van der Waals surface area contributed by atoms with Gasteiger partial charge in [0, 0.05) is 12.6 Å². The van der Waals surface area contributed by atoms with Crippen molar-refractivity contribution in [1.82, 2.24) is 4.90 Å². The van der Waals surface area contributed by atoms with E-state index in [-0.39, 0.29) is 17.2 Å². The molecule has 1 unspecified atom stereocenters. The lowest BCUT2D eigenvalue weighted by Crippen LogP contribution is -2.40. The summed E-state index contributed by atoms with van der Waals surface area (Å²) in [5, 5.41) is 0. The van der Waals surface area contributed by atoms with Crippen molar-refractivity contribution in [3.63, 3.8) is 0 Å². The Morgan fingerprint density at radius 1 is 1.04 bits per heavy atom. The third-order valence-corrected chi connectivity index (χ3v) is 6.14. The zero-order valence-electron chi connectivity index (χ0n) is 13.4. The van der Waals surface area contributed by atoms with Crippen molar-refractivity contribution in [1.29, 1.82) is 0 Å². The van der Waals surface area contributed by atoms with Crippen molar-refractivity contribution in [3.05, 3.63) is 65.7 Å². The highest BCUT2D eigenvalue weighted by atomic mass is 32.2. The summed E-state index contributed by atoms with van der Waals surface area (Å²) in [7, 11) is -3.59. The van der Waals surface area contributed by atoms with Gasteiger partial charge in [-0.2, -0.15) is 0 Å². The molecule has 1 heterocycles. The van der Waals surface area contributed by atoms with Gasteiger partial charge in [-0.1, -0.05) is 24.3 Å². The van der Waals surface area contributed by atoms with Crippen molar-refractivity contribution in [2.45, 2.75) is 23.8 Å². The Balaban J connectivity index is 1.85. The van der Waals surface area contributed by atoms with Crippen LogP contribution in [0.25, 0.3) is 0 Å². The predicted octanol–water partition coefficient (Wildman–Crippen LogP) is 3.04. The number of carbonyl (C=O) groups is 1. The van der Waals surface area contributed by atoms with Crippen LogP contribution in [0, 0.1) is 11.6 Å². The Labute approximate surface area is 145 Å². The predicted molar refractivity (Wildman–Crippen MR) is 88.9 cm³/mol. The standard InChI is InChI=1S/C18H17F2NO3S/c19-15-9-4-10-16(20)17(15)18(22)21-11-5-6-13(21)12-25(23,24)14-7-2-1-3-8-14/h1-4,7-10,13H,5-6,11-12H2. The number of nitrogens with zero attached hydrogens (tertiary/aromatic N) is 1. The highest BCUT2D eigenvalue weighted by Gasteiger charge is 2.35. The van der Waals surface area contributed by atoms with Gasteiger partial charge in [0.05, 0.1) is 10.6 Å². The number of rotatable bonds is 4. The molecule has 132 valence electrons. The van der Waals surface area contributed by atoms with E-state index in [0.29, 0.717) is 12.8 Å². The highest BCUT2D eigenvalue weighted by Crippen LogP contribution is 2.25. The van der Waals surface area contributed by atoms with E-state index in [1.54, 1.807) is 18.2 Å². The lowest BCUT2D eigenvalue weighted by atomic mass is 10.1. The Kier molecular flexibility index (Phi) is 4.85. The first kappa shape index (κ1) is 17.5. The summed E-state index contributed by atoms with van der Waals surface area (Å²) < 4.78 is 52.8. The quantitative estimate of drug-likeness (QED) is 0.837. The number of carbonyl (C=O) groups excluding carboxylic acids is 1. The largest absolute Gasteiger partial charge is 0.334 e. The molecule has 7 heteroatoms. The molecule has 1 aliphatic rings. The van der Waals surface area contributed by atoms with Crippen LogP contribution in [0.4, 0.5) is 8.78 Å². The summed E-state index contributed by atoms with van der Waals surface area (Å²) in [4.78, 5) is 14.0. The first-order valence-electron chi connectivity index (χ1n) is 7.93. The van der Waals surface area contributed by atoms with Crippen molar-refractivity contribution < 1.29 is 22.0 Å². The van der Waals surface area contributed by atoms with Crippen LogP contribution >= 0.6 is 0 Å². The molecule has 0 radical (unpaired) electrons. The molecular formula is C18H17F2NO3S. The fourth-order valence-corrected chi connectivity index (χ4v) is 4.72. The van der Waals surface area contributed by atoms with E-state index in [9.17, 15) is 22.0 Å². The molecule has 1 aliphatic heterocycles. The van der Waals surface area contributed by atoms with Crippen LogP contribution < -0.4 is 0 Å². The second-order valence-electron chi connectivity index (χ2n) is 5.99. The number of sulfone groups is 1. The van der Waals surface area contributed by atoms with Gasteiger partial charge in [-0.25, -0.2) is 17.2 Å². The minimum Gasteiger partial charge on any atom is -0.334 e. The fourth-order valence-electron chi connectivity index (χ4n) is 3.10. The first-order valence-corrected chi connectivity index (χ1v) is 9.58. The van der Waals surface area contributed by atoms with Crippen LogP contribution in [-0.4, -0.2) is 37.6 Å². The number of amides is 1. The minimum atomic E-state index is -3.59. The fraction of sp³-hybridized carbons (Fsp3) is 0.278. The summed E-state index contributed by atoms with van der Waals surface area (Å²) in [6, 6.07) is 10.6. The molecule has 0 aliphatic carbocycles. The maximum Gasteiger partial charge on any atom is 0.260 e. The SMILES string of the molecule is O=C(c1c(F)cccc1F)N1CCCC1CS(=O)(=O)c1ccccc1. The minimum absolute atomic E-state index is 0.173. The molecule has 1 atom stereocenters. The van der Waals surface area contributed by atoms with Crippen LogP contribution in [0.5, 0.6) is 0 Å². The molecule has 4 nitrogen and oxygen atoms in total. The molecular weight excluding hydrogens is 348 g/mol. The summed E-state index contributed by atoms with van der Waals surface area (Å²) in [5.41, 5.74) is -0.633. The maximum absolute atomic E-state index is 13.9. The van der Waals surface area contributed by atoms with Crippen molar-refractivity contribution in [3.8, 4) is 0 Å². The second kappa shape index (κ2) is 6.92.